The van der Waals surface area contributed by atoms with Crippen LogP contribution in [0.4, 0.5) is 11.5 Å². The number of ether oxygens (including phenoxy) is 1. The number of aromatic nitrogens is 4. The Bertz CT molecular complexity index is 1040. The first-order valence-electron chi connectivity index (χ1n) is 10.5. The second kappa shape index (κ2) is 8.25. The molecule has 0 bridgehead atoms. The molecule has 2 aliphatic rings. The van der Waals surface area contributed by atoms with E-state index in [1.54, 1.807) is 24.3 Å². The van der Waals surface area contributed by atoms with Gasteiger partial charge in [-0.05, 0) is 18.2 Å². The number of anilines is 2. The van der Waals surface area contributed by atoms with Gasteiger partial charge in [-0.25, -0.2) is 14.6 Å². The van der Waals surface area contributed by atoms with Crippen LogP contribution in [0, 0.1) is 5.92 Å². The van der Waals surface area contributed by atoms with Gasteiger partial charge in [0, 0.05) is 57.7 Å². The van der Waals surface area contributed by atoms with Crippen molar-refractivity contribution in [3.8, 4) is 11.6 Å². The first kappa shape index (κ1) is 19.3. The zero-order valence-electron chi connectivity index (χ0n) is 17.5. The summed E-state index contributed by atoms with van der Waals surface area (Å²) >= 11 is 0. The molecule has 0 atom stereocenters. The summed E-state index contributed by atoms with van der Waals surface area (Å²) in [5, 5.41) is 4.21. The Morgan fingerprint density at radius 2 is 1.77 bits per heavy atom. The van der Waals surface area contributed by atoms with Crippen LogP contribution in [0.2, 0.25) is 0 Å². The minimum atomic E-state index is 0.0148. The lowest BCUT2D eigenvalue weighted by molar-refractivity contribution is -0.136. The van der Waals surface area contributed by atoms with E-state index < -0.39 is 0 Å². The van der Waals surface area contributed by atoms with Gasteiger partial charge in [0.15, 0.2) is 5.82 Å². The zero-order chi connectivity index (χ0) is 21.2. The summed E-state index contributed by atoms with van der Waals surface area (Å²) in [6.45, 7) is 4.43. The van der Waals surface area contributed by atoms with E-state index in [0.717, 1.165) is 49.3 Å². The predicted octanol–water partition coefficient (Wildman–Crippen LogP) is 1.46. The molecule has 2 fully saturated rings. The summed E-state index contributed by atoms with van der Waals surface area (Å²) < 4.78 is 7.18. The van der Waals surface area contributed by atoms with Gasteiger partial charge in [-0.3, -0.25) is 4.79 Å². The number of hydrogen-bond donors (Lipinski definition) is 0. The highest BCUT2D eigenvalue weighted by molar-refractivity contribution is 5.82. The van der Waals surface area contributed by atoms with Crippen LogP contribution in [-0.4, -0.2) is 76.9 Å². The average Bonchev–Trinajstić information content (AvgIpc) is 3.33. The fourth-order valence-corrected chi connectivity index (χ4v) is 4.18. The van der Waals surface area contributed by atoms with Crippen molar-refractivity contribution in [1.82, 2.24) is 24.6 Å². The van der Waals surface area contributed by atoms with Crippen LogP contribution in [-0.2, 0) is 4.79 Å². The molecule has 5 rings (SSSR count). The van der Waals surface area contributed by atoms with Gasteiger partial charge in [-0.2, -0.15) is 5.10 Å². The number of hydrogen-bond acceptors (Lipinski definition) is 7. The molecule has 4 heterocycles. The highest BCUT2D eigenvalue weighted by Crippen LogP contribution is 2.29. The Balaban J connectivity index is 1.16. The molecular formula is C22H25N7O2. The SMILES string of the molecule is COc1ccccc1N1CCN(C(=O)C2CN(c3cc(-n4cccn4)ncn3)C2)CC1. The summed E-state index contributed by atoms with van der Waals surface area (Å²) in [6.07, 6.45) is 5.10. The van der Waals surface area contributed by atoms with Crippen LogP contribution in [0.5, 0.6) is 5.75 Å². The lowest BCUT2D eigenvalue weighted by Gasteiger charge is -2.43. The Hall–Kier alpha value is -3.62. The van der Waals surface area contributed by atoms with E-state index in [-0.39, 0.29) is 11.8 Å². The lowest BCUT2D eigenvalue weighted by Crippen LogP contribution is -2.58. The first-order chi connectivity index (χ1) is 15.2. The number of benzene rings is 1. The number of para-hydroxylation sites is 2. The molecule has 0 unspecified atom stereocenters. The maximum Gasteiger partial charge on any atom is 0.229 e. The van der Waals surface area contributed by atoms with Gasteiger partial charge in [0.2, 0.25) is 5.91 Å². The molecule has 2 aliphatic heterocycles. The summed E-state index contributed by atoms with van der Waals surface area (Å²) in [7, 11) is 1.69. The number of carbonyl (C=O) groups excluding carboxylic acids is 1. The molecular weight excluding hydrogens is 394 g/mol. The minimum Gasteiger partial charge on any atom is -0.495 e. The molecule has 2 saturated heterocycles. The molecule has 9 heteroatoms. The second-order valence-corrected chi connectivity index (χ2v) is 7.77. The van der Waals surface area contributed by atoms with E-state index in [4.69, 9.17) is 4.74 Å². The number of nitrogens with zero attached hydrogens (tertiary/aromatic N) is 7. The average molecular weight is 419 g/mol. The van der Waals surface area contributed by atoms with Crippen molar-refractivity contribution in [3.05, 3.63) is 55.1 Å². The Morgan fingerprint density at radius 1 is 1.00 bits per heavy atom. The highest BCUT2D eigenvalue weighted by atomic mass is 16.5. The van der Waals surface area contributed by atoms with Crippen molar-refractivity contribution in [2.75, 3.05) is 56.2 Å². The molecule has 0 N–H and O–H groups in total. The third kappa shape index (κ3) is 3.78. The number of rotatable bonds is 5. The quantitative estimate of drug-likeness (QED) is 0.619. The third-order valence-corrected chi connectivity index (χ3v) is 5.95. The van der Waals surface area contributed by atoms with Crippen LogP contribution in [0.15, 0.2) is 55.1 Å². The molecule has 0 spiro atoms. The fraction of sp³-hybridized carbons (Fsp3) is 0.364. The van der Waals surface area contributed by atoms with Gasteiger partial charge >= 0.3 is 0 Å². The topological polar surface area (TPSA) is 79.6 Å². The number of methoxy groups -OCH3 is 1. The number of amides is 1. The van der Waals surface area contributed by atoms with Crippen molar-refractivity contribution < 1.29 is 9.53 Å². The van der Waals surface area contributed by atoms with E-state index in [1.807, 2.05) is 41.4 Å². The van der Waals surface area contributed by atoms with Gasteiger partial charge in [0.25, 0.3) is 0 Å². The van der Waals surface area contributed by atoms with E-state index >= 15 is 0 Å². The summed E-state index contributed by atoms with van der Waals surface area (Å²) in [6, 6.07) is 11.8. The molecule has 2 aromatic heterocycles. The van der Waals surface area contributed by atoms with Crippen molar-refractivity contribution in [1.29, 1.82) is 0 Å². The van der Waals surface area contributed by atoms with E-state index in [9.17, 15) is 4.79 Å². The van der Waals surface area contributed by atoms with E-state index in [2.05, 4.69) is 30.9 Å². The van der Waals surface area contributed by atoms with Crippen molar-refractivity contribution >= 4 is 17.4 Å². The molecule has 160 valence electrons. The molecule has 31 heavy (non-hydrogen) atoms. The van der Waals surface area contributed by atoms with Crippen LogP contribution in [0.3, 0.4) is 0 Å². The molecule has 0 aliphatic carbocycles. The Labute approximate surface area is 180 Å². The van der Waals surface area contributed by atoms with E-state index in [1.165, 1.54) is 0 Å². The van der Waals surface area contributed by atoms with E-state index in [0.29, 0.717) is 13.1 Å². The highest BCUT2D eigenvalue weighted by Gasteiger charge is 2.37. The first-order valence-corrected chi connectivity index (χ1v) is 10.5. The van der Waals surface area contributed by atoms with Crippen LogP contribution >= 0.6 is 0 Å². The molecule has 1 amide bonds. The van der Waals surface area contributed by atoms with Crippen molar-refractivity contribution in [2.24, 2.45) is 5.92 Å². The monoisotopic (exact) mass is 419 g/mol. The van der Waals surface area contributed by atoms with Crippen LogP contribution < -0.4 is 14.5 Å². The van der Waals surface area contributed by atoms with Crippen molar-refractivity contribution in [3.63, 3.8) is 0 Å². The molecule has 1 aromatic carbocycles. The normalized spacial score (nSPS) is 16.9. The largest absolute Gasteiger partial charge is 0.495 e. The van der Waals surface area contributed by atoms with Crippen LogP contribution in [0.1, 0.15) is 0 Å². The molecule has 0 saturated carbocycles. The zero-order valence-corrected chi connectivity index (χ0v) is 17.5. The van der Waals surface area contributed by atoms with Crippen molar-refractivity contribution in [2.45, 2.75) is 0 Å². The maximum atomic E-state index is 13.0. The Morgan fingerprint density at radius 3 is 2.52 bits per heavy atom. The van der Waals surface area contributed by atoms with Gasteiger partial charge in [0.1, 0.15) is 17.9 Å². The summed E-state index contributed by atoms with van der Waals surface area (Å²) in [4.78, 5) is 28.0. The molecule has 9 nitrogen and oxygen atoms in total. The second-order valence-electron chi connectivity index (χ2n) is 7.77. The van der Waals surface area contributed by atoms with Gasteiger partial charge in [-0.1, -0.05) is 12.1 Å². The summed E-state index contributed by atoms with van der Waals surface area (Å²) in [5.74, 6) is 2.66. The minimum absolute atomic E-state index is 0.0148. The third-order valence-electron chi connectivity index (χ3n) is 5.95. The number of carbonyl (C=O) groups is 1. The summed E-state index contributed by atoms with van der Waals surface area (Å²) in [5.41, 5.74) is 1.09. The fourth-order valence-electron chi connectivity index (χ4n) is 4.18. The molecule has 0 radical (unpaired) electrons. The van der Waals surface area contributed by atoms with Crippen LogP contribution in [0.25, 0.3) is 5.82 Å². The standard InChI is InChI=1S/C22H25N7O2/c1-31-19-6-3-2-5-18(19)26-9-11-27(12-10-26)22(30)17-14-28(15-17)20-13-21(24-16-23-20)29-8-4-7-25-29/h2-8,13,16-17H,9-12,14-15H2,1H3. The van der Waals surface area contributed by atoms with Gasteiger partial charge < -0.3 is 19.4 Å². The Kier molecular flexibility index (Phi) is 5.15. The van der Waals surface area contributed by atoms with Gasteiger partial charge in [0.05, 0.1) is 18.7 Å². The predicted molar refractivity (Wildman–Crippen MR) is 117 cm³/mol. The maximum absolute atomic E-state index is 13.0. The van der Waals surface area contributed by atoms with Gasteiger partial charge in [-0.15, -0.1) is 0 Å². The lowest BCUT2D eigenvalue weighted by atomic mass is 9.98. The molecule has 3 aromatic rings. The smallest absolute Gasteiger partial charge is 0.229 e. The number of piperazine rings is 1.